The molecule has 2 aromatic heterocycles. The van der Waals surface area contributed by atoms with Crippen molar-refractivity contribution >= 4 is 56.2 Å². The van der Waals surface area contributed by atoms with Crippen LogP contribution in [-0.4, -0.2) is 29.3 Å². The molecule has 0 aliphatic carbocycles. The molecule has 0 bridgehead atoms. The van der Waals surface area contributed by atoms with E-state index in [2.05, 4.69) is 20.9 Å². The Morgan fingerprint density at radius 1 is 1.21 bits per heavy atom. The number of nitrogens with one attached hydrogen (secondary N) is 3. The third kappa shape index (κ3) is 5.52. The van der Waals surface area contributed by atoms with Crippen LogP contribution in [0.5, 0.6) is 0 Å². The first-order valence-electron chi connectivity index (χ1n) is 8.47. The van der Waals surface area contributed by atoms with Crippen molar-refractivity contribution in [1.82, 2.24) is 10.3 Å². The largest absolute Gasteiger partial charge is 0.465 e. The van der Waals surface area contributed by atoms with Crippen LogP contribution >= 0.6 is 11.3 Å². The van der Waals surface area contributed by atoms with Gasteiger partial charge in [-0.15, -0.1) is 0 Å². The first-order valence-corrected chi connectivity index (χ1v) is 9.29. The van der Waals surface area contributed by atoms with Crippen LogP contribution in [0.4, 0.5) is 10.8 Å². The number of thiazole rings is 1. The van der Waals surface area contributed by atoms with Gasteiger partial charge in [-0.05, 0) is 36.4 Å². The van der Waals surface area contributed by atoms with Crippen molar-refractivity contribution < 1.29 is 18.8 Å². The summed E-state index contributed by atoms with van der Waals surface area (Å²) in [7, 11) is 0. The Kier molecular flexibility index (Phi) is 6.18. The smallest absolute Gasteiger partial charge is 0.244 e. The van der Waals surface area contributed by atoms with Crippen LogP contribution in [0.1, 0.15) is 19.1 Å². The van der Waals surface area contributed by atoms with Crippen molar-refractivity contribution in [2.45, 2.75) is 13.3 Å². The molecule has 28 heavy (non-hydrogen) atoms. The lowest BCUT2D eigenvalue weighted by atomic mass is 10.3. The van der Waals surface area contributed by atoms with E-state index < -0.39 is 0 Å². The molecule has 2 heterocycles. The van der Waals surface area contributed by atoms with Gasteiger partial charge in [0.2, 0.25) is 17.7 Å². The van der Waals surface area contributed by atoms with Gasteiger partial charge in [0.05, 0.1) is 16.5 Å². The summed E-state index contributed by atoms with van der Waals surface area (Å²) in [5.41, 5.74) is 1.36. The molecular weight excluding hydrogens is 380 g/mol. The van der Waals surface area contributed by atoms with Crippen LogP contribution in [0.3, 0.4) is 0 Å². The second-order valence-electron chi connectivity index (χ2n) is 5.82. The molecule has 0 fully saturated rings. The molecule has 3 aromatic rings. The SMILES string of the molecule is CC(=O)Nc1nc2ccc(NC(=O)CCNC(=O)/C=C/c3ccco3)cc2s1. The fourth-order valence-electron chi connectivity index (χ4n) is 2.33. The first kappa shape index (κ1) is 19.3. The molecule has 3 rings (SSSR count). The van der Waals surface area contributed by atoms with E-state index in [1.165, 1.54) is 30.6 Å². The molecule has 0 saturated heterocycles. The molecule has 0 unspecified atom stereocenters. The summed E-state index contributed by atoms with van der Waals surface area (Å²) in [5, 5.41) is 8.57. The minimum absolute atomic E-state index is 0.137. The minimum atomic E-state index is -0.305. The van der Waals surface area contributed by atoms with Gasteiger partial charge in [-0.1, -0.05) is 11.3 Å². The van der Waals surface area contributed by atoms with E-state index in [1.807, 2.05) is 0 Å². The van der Waals surface area contributed by atoms with E-state index in [-0.39, 0.29) is 30.7 Å². The Labute approximate surface area is 164 Å². The normalized spacial score (nSPS) is 10.9. The van der Waals surface area contributed by atoms with E-state index in [1.54, 1.807) is 36.4 Å². The number of rotatable bonds is 7. The molecule has 0 atom stereocenters. The Balaban J connectivity index is 1.47. The number of hydrogen-bond acceptors (Lipinski definition) is 6. The fourth-order valence-corrected chi connectivity index (χ4v) is 3.28. The van der Waals surface area contributed by atoms with Gasteiger partial charge in [0.25, 0.3) is 0 Å². The van der Waals surface area contributed by atoms with Crippen molar-refractivity contribution in [2.24, 2.45) is 0 Å². The zero-order chi connectivity index (χ0) is 19.9. The topological polar surface area (TPSA) is 113 Å². The van der Waals surface area contributed by atoms with Crippen LogP contribution in [0.25, 0.3) is 16.3 Å². The Bertz CT molecular complexity index is 1020. The fraction of sp³-hybridized carbons (Fsp3) is 0.158. The number of nitrogens with zero attached hydrogens (tertiary/aromatic N) is 1. The number of aromatic nitrogens is 1. The lowest BCUT2D eigenvalue weighted by Gasteiger charge is -2.05. The standard InChI is InChI=1S/C19H18N4O4S/c1-12(24)21-19-23-15-6-4-13(11-16(15)28-19)22-18(26)8-9-20-17(25)7-5-14-3-2-10-27-14/h2-7,10-11H,8-9H2,1H3,(H,20,25)(H,22,26)(H,21,23,24)/b7-5+. The van der Waals surface area contributed by atoms with Gasteiger partial charge in [-0.25, -0.2) is 4.98 Å². The van der Waals surface area contributed by atoms with E-state index in [9.17, 15) is 14.4 Å². The Morgan fingerprint density at radius 2 is 2.07 bits per heavy atom. The lowest BCUT2D eigenvalue weighted by Crippen LogP contribution is -2.26. The highest BCUT2D eigenvalue weighted by atomic mass is 32.1. The molecule has 0 radical (unpaired) electrons. The second-order valence-corrected chi connectivity index (χ2v) is 6.85. The monoisotopic (exact) mass is 398 g/mol. The molecule has 144 valence electrons. The summed E-state index contributed by atoms with van der Waals surface area (Å²) < 4.78 is 5.93. The van der Waals surface area contributed by atoms with Crippen molar-refractivity contribution in [3.63, 3.8) is 0 Å². The van der Waals surface area contributed by atoms with Crippen LogP contribution in [0, 0.1) is 0 Å². The van der Waals surface area contributed by atoms with Crippen molar-refractivity contribution in [3.8, 4) is 0 Å². The average Bonchev–Trinajstić information content (AvgIpc) is 3.28. The molecule has 0 saturated carbocycles. The highest BCUT2D eigenvalue weighted by molar-refractivity contribution is 7.22. The number of anilines is 2. The number of carbonyl (C=O) groups is 3. The van der Waals surface area contributed by atoms with Gasteiger partial charge in [0, 0.05) is 31.7 Å². The summed E-state index contributed by atoms with van der Waals surface area (Å²) in [5.74, 6) is -0.135. The maximum Gasteiger partial charge on any atom is 0.244 e. The number of hydrogen-bond donors (Lipinski definition) is 3. The Morgan fingerprint density at radius 3 is 2.82 bits per heavy atom. The molecule has 0 aliphatic heterocycles. The summed E-state index contributed by atoms with van der Waals surface area (Å²) in [4.78, 5) is 39.2. The van der Waals surface area contributed by atoms with Gasteiger partial charge in [-0.3, -0.25) is 14.4 Å². The van der Waals surface area contributed by atoms with Crippen LogP contribution in [0.15, 0.2) is 47.1 Å². The Hall–Kier alpha value is -3.46. The second kappa shape index (κ2) is 8.96. The van der Waals surface area contributed by atoms with Crippen LogP contribution in [0.2, 0.25) is 0 Å². The minimum Gasteiger partial charge on any atom is -0.465 e. The lowest BCUT2D eigenvalue weighted by molar-refractivity contribution is -0.117. The number of furan rings is 1. The molecule has 0 spiro atoms. The molecule has 3 amide bonds. The summed E-state index contributed by atoms with van der Waals surface area (Å²) in [6.07, 6.45) is 4.56. The van der Waals surface area contributed by atoms with Crippen molar-refractivity contribution in [1.29, 1.82) is 0 Å². The number of fused-ring (bicyclic) bond motifs is 1. The molecule has 9 heteroatoms. The van der Waals surface area contributed by atoms with E-state index in [0.29, 0.717) is 16.6 Å². The zero-order valence-corrected chi connectivity index (χ0v) is 15.8. The van der Waals surface area contributed by atoms with E-state index in [4.69, 9.17) is 4.42 Å². The predicted octanol–water partition coefficient (Wildman–Crippen LogP) is 3.01. The van der Waals surface area contributed by atoms with Crippen molar-refractivity contribution in [2.75, 3.05) is 17.2 Å². The molecule has 1 aromatic carbocycles. The molecule has 8 nitrogen and oxygen atoms in total. The molecule has 0 aliphatic rings. The summed E-state index contributed by atoms with van der Waals surface area (Å²) >= 11 is 1.33. The third-order valence-corrected chi connectivity index (χ3v) is 4.48. The number of benzene rings is 1. The quantitative estimate of drug-likeness (QED) is 0.530. The number of carbonyl (C=O) groups excluding carboxylic acids is 3. The zero-order valence-electron chi connectivity index (χ0n) is 15.0. The van der Waals surface area contributed by atoms with Gasteiger partial charge >= 0.3 is 0 Å². The van der Waals surface area contributed by atoms with E-state index in [0.717, 1.165) is 10.2 Å². The van der Waals surface area contributed by atoms with Gasteiger partial charge in [-0.2, -0.15) is 0 Å². The molecule has 3 N–H and O–H groups in total. The third-order valence-electron chi connectivity index (χ3n) is 3.55. The number of amides is 3. The van der Waals surface area contributed by atoms with Gasteiger partial charge < -0.3 is 20.4 Å². The maximum atomic E-state index is 12.1. The van der Waals surface area contributed by atoms with E-state index >= 15 is 0 Å². The predicted molar refractivity (Wildman–Crippen MR) is 108 cm³/mol. The van der Waals surface area contributed by atoms with Crippen LogP contribution in [-0.2, 0) is 14.4 Å². The molecular formula is C19H18N4O4S. The highest BCUT2D eigenvalue weighted by Crippen LogP contribution is 2.28. The van der Waals surface area contributed by atoms with Gasteiger partial charge in [0.15, 0.2) is 5.13 Å². The average molecular weight is 398 g/mol. The maximum absolute atomic E-state index is 12.1. The first-order chi connectivity index (χ1) is 13.5. The van der Waals surface area contributed by atoms with Crippen LogP contribution < -0.4 is 16.0 Å². The van der Waals surface area contributed by atoms with Crippen molar-refractivity contribution in [3.05, 3.63) is 48.4 Å². The van der Waals surface area contributed by atoms with Gasteiger partial charge in [0.1, 0.15) is 5.76 Å². The summed E-state index contributed by atoms with van der Waals surface area (Å²) in [6.45, 7) is 1.63. The summed E-state index contributed by atoms with van der Waals surface area (Å²) in [6, 6.07) is 8.76. The highest BCUT2D eigenvalue weighted by Gasteiger charge is 2.08.